The van der Waals surface area contributed by atoms with Crippen LogP contribution in [-0.2, 0) is 4.79 Å². The summed E-state index contributed by atoms with van der Waals surface area (Å²) in [7, 11) is 0. The van der Waals surface area contributed by atoms with Crippen molar-refractivity contribution in [3.8, 4) is 0 Å². The summed E-state index contributed by atoms with van der Waals surface area (Å²) in [5, 5.41) is 11.9. The summed E-state index contributed by atoms with van der Waals surface area (Å²) in [6.45, 7) is 1.95. The number of hydrogen-bond donors (Lipinski definition) is 3. The fraction of sp³-hybridized carbons (Fsp3) is 0.652. The van der Waals surface area contributed by atoms with Crippen LogP contribution in [0.15, 0.2) is 17.3 Å². The smallest absolute Gasteiger partial charge is 0.286 e. The Balaban J connectivity index is 1.74. The van der Waals surface area contributed by atoms with E-state index in [1.807, 2.05) is 0 Å². The Morgan fingerprint density at radius 3 is 2.19 bits per heavy atom. The number of carbonyl (C=O) groups excluding carboxylic acids is 2. The molecule has 1 aromatic carbocycles. The molecule has 7 nitrogen and oxygen atoms in total. The van der Waals surface area contributed by atoms with E-state index in [0.29, 0.717) is 11.4 Å². The summed E-state index contributed by atoms with van der Waals surface area (Å²) in [5.41, 5.74) is 1.31. The van der Waals surface area contributed by atoms with Gasteiger partial charge < -0.3 is 16.0 Å². The van der Waals surface area contributed by atoms with Crippen LogP contribution in [0.25, 0.3) is 0 Å². The zero-order valence-corrected chi connectivity index (χ0v) is 18.2. The first-order chi connectivity index (χ1) is 15.0. The second-order valence-corrected chi connectivity index (χ2v) is 8.99. The van der Waals surface area contributed by atoms with E-state index < -0.39 is 17.6 Å². The van der Waals surface area contributed by atoms with Gasteiger partial charge >= 0.3 is 0 Å². The van der Waals surface area contributed by atoms with Crippen LogP contribution >= 0.6 is 0 Å². The van der Waals surface area contributed by atoms with Gasteiger partial charge in [0.15, 0.2) is 0 Å². The third-order valence-corrected chi connectivity index (χ3v) is 6.27. The topological polar surface area (TPSA) is 99.7 Å². The average molecular weight is 433 g/mol. The van der Waals surface area contributed by atoms with Crippen LogP contribution in [0.5, 0.6) is 0 Å². The van der Waals surface area contributed by atoms with Crippen LogP contribution in [0.1, 0.15) is 81.5 Å². The van der Waals surface area contributed by atoms with Crippen molar-refractivity contribution in [1.29, 1.82) is 0 Å². The normalized spacial score (nSPS) is 18.4. The molecule has 3 rings (SSSR count). The van der Waals surface area contributed by atoms with Gasteiger partial charge in [-0.15, -0.1) is 4.91 Å². The van der Waals surface area contributed by atoms with Gasteiger partial charge in [0.05, 0.1) is 11.3 Å². The van der Waals surface area contributed by atoms with E-state index >= 15 is 0 Å². The van der Waals surface area contributed by atoms with Crippen LogP contribution in [0.4, 0.5) is 15.8 Å². The van der Waals surface area contributed by atoms with Crippen LogP contribution in [-0.4, -0.2) is 30.4 Å². The van der Waals surface area contributed by atoms with Crippen LogP contribution in [0.2, 0.25) is 0 Å². The number of amides is 2. The number of rotatable bonds is 9. The van der Waals surface area contributed by atoms with Gasteiger partial charge in [-0.2, -0.15) is 0 Å². The van der Waals surface area contributed by atoms with Crippen LogP contribution < -0.4 is 16.0 Å². The van der Waals surface area contributed by atoms with E-state index in [9.17, 15) is 18.9 Å². The number of nitrogens with one attached hydrogen (secondary N) is 3. The third kappa shape index (κ3) is 6.74. The summed E-state index contributed by atoms with van der Waals surface area (Å²) in [6.07, 6.45) is 9.88. The van der Waals surface area contributed by atoms with Gasteiger partial charge in [-0.25, -0.2) is 4.39 Å². The lowest BCUT2D eigenvalue weighted by Crippen LogP contribution is -2.30. The number of carbonyl (C=O) groups is 2. The predicted molar refractivity (Wildman–Crippen MR) is 120 cm³/mol. The Bertz CT molecular complexity index is 789. The average Bonchev–Trinajstić information content (AvgIpc) is 3.28. The molecule has 0 radical (unpaired) electrons. The summed E-state index contributed by atoms with van der Waals surface area (Å²) in [4.78, 5) is 34.3. The van der Waals surface area contributed by atoms with Crippen molar-refractivity contribution < 1.29 is 14.0 Å². The van der Waals surface area contributed by atoms with Gasteiger partial charge in [-0.3, -0.25) is 9.59 Å². The molecule has 1 aromatic rings. The van der Waals surface area contributed by atoms with Crippen molar-refractivity contribution >= 4 is 23.2 Å². The summed E-state index contributed by atoms with van der Waals surface area (Å²) >= 11 is 0. The Morgan fingerprint density at radius 1 is 1.00 bits per heavy atom. The van der Waals surface area contributed by atoms with E-state index in [4.69, 9.17) is 0 Å². The van der Waals surface area contributed by atoms with Crippen molar-refractivity contribution in [3.05, 3.63) is 28.4 Å². The molecule has 8 heteroatoms. The molecule has 31 heavy (non-hydrogen) atoms. The second-order valence-electron chi connectivity index (χ2n) is 8.99. The number of nitroso groups, excluding NO2 is 1. The van der Waals surface area contributed by atoms with Gasteiger partial charge in [-0.1, -0.05) is 39.0 Å². The van der Waals surface area contributed by atoms with E-state index in [1.165, 1.54) is 12.5 Å². The fourth-order valence-electron chi connectivity index (χ4n) is 4.52. The molecule has 0 heterocycles. The largest absolute Gasteiger partial charge is 0.382 e. The summed E-state index contributed by atoms with van der Waals surface area (Å²) in [5.74, 6) is -1.82. The van der Waals surface area contributed by atoms with Gasteiger partial charge in [0, 0.05) is 35.9 Å². The lowest BCUT2D eigenvalue weighted by molar-refractivity contribution is -0.118. The second kappa shape index (κ2) is 11.2. The number of halogens is 1. The molecule has 0 saturated heterocycles. The van der Waals surface area contributed by atoms with Gasteiger partial charge in [0.1, 0.15) is 5.82 Å². The maximum absolute atomic E-state index is 14.9. The molecule has 170 valence electrons. The molecule has 2 saturated carbocycles. The van der Waals surface area contributed by atoms with Crippen molar-refractivity contribution in [2.75, 3.05) is 17.2 Å². The molecule has 0 aliphatic heterocycles. The maximum atomic E-state index is 14.9. The monoisotopic (exact) mass is 432 g/mol. The quantitative estimate of drug-likeness (QED) is 0.478. The summed E-state index contributed by atoms with van der Waals surface area (Å²) in [6, 6.07) is 3.54. The zero-order chi connectivity index (χ0) is 22.2. The minimum Gasteiger partial charge on any atom is -0.382 e. The van der Waals surface area contributed by atoms with Crippen molar-refractivity contribution in [2.45, 2.75) is 83.2 Å². The Labute approximate surface area is 182 Å². The number of anilines is 2. The highest BCUT2D eigenvalue weighted by Crippen LogP contribution is 2.31. The first-order valence-corrected chi connectivity index (χ1v) is 11.5. The molecule has 2 fully saturated rings. The van der Waals surface area contributed by atoms with Gasteiger partial charge in [-0.05, 0) is 43.7 Å². The van der Waals surface area contributed by atoms with Gasteiger partial charge in [0.25, 0.3) is 11.8 Å². The highest BCUT2D eigenvalue weighted by atomic mass is 19.1. The molecule has 2 amide bonds. The summed E-state index contributed by atoms with van der Waals surface area (Å²) < 4.78 is 14.9. The Kier molecular flexibility index (Phi) is 8.37. The Morgan fingerprint density at radius 2 is 1.58 bits per heavy atom. The third-order valence-electron chi connectivity index (χ3n) is 6.27. The predicted octanol–water partition coefficient (Wildman–Crippen LogP) is 4.97. The van der Waals surface area contributed by atoms with Crippen molar-refractivity contribution in [2.24, 2.45) is 11.1 Å². The molecule has 0 aromatic heterocycles. The SMILES string of the molecule is CC(CNC(=O)c1cc(F)c(NC2CCCCC2)cc1NC1CCCC1)CC(=O)N=O. The minimum absolute atomic E-state index is 0.0322. The van der Waals surface area contributed by atoms with Crippen molar-refractivity contribution in [3.63, 3.8) is 0 Å². The first-order valence-electron chi connectivity index (χ1n) is 11.5. The molecule has 1 atom stereocenters. The van der Waals surface area contributed by atoms with E-state index in [2.05, 4.69) is 21.1 Å². The lowest BCUT2D eigenvalue weighted by atomic mass is 9.95. The van der Waals surface area contributed by atoms with Crippen LogP contribution in [0, 0.1) is 16.6 Å². The molecular weight excluding hydrogens is 399 g/mol. The fourth-order valence-corrected chi connectivity index (χ4v) is 4.52. The van der Waals surface area contributed by atoms with E-state index in [1.54, 1.807) is 13.0 Å². The maximum Gasteiger partial charge on any atom is 0.286 e. The highest BCUT2D eigenvalue weighted by Gasteiger charge is 2.23. The van der Waals surface area contributed by atoms with Crippen LogP contribution in [0.3, 0.4) is 0 Å². The zero-order valence-electron chi connectivity index (χ0n) is 18.2. The van der Waals surface area contributed by atoms with E-state index in [0.717, 1.165) is 51.4 Å². The lowest BCUT2D eigenvalue weighted by Gasteiger charge is -2.25. The molecule has 3 N–H and O–H groups in total. The molecular formula is C23H33FN4O3. The standard InChI is InChI=1S/C23H33FN4O3/c1-15(11-22(29)28-31)14-25-23(30)18-12-19(24)21(27-17-7-3-2-4-8-17)13-20(18)26-16-9-5-6-10-16/h12-13,15-17,26-27H,2-11,14H2,1H3,(H,25,30). The highest BCUT2D eigenvalue weighted by molar-refractivity contribution is 6.00. The number of hydrogen-bond acceptors (Lipinski definition) is 5. The number of nitrogens with zero attached hydrogens (tertiary/aromatic N) is 1. The molecule has 1 unspecified atom stereocenters. The van der Waals surface area contributed by atoms with E-state index in [-0.39, 0.29) is 36.5 Å². The molecule has 2 aliphatic rings. The van der Waals surface area contributed by atoms with Gasteiger partial charge in [0.2, 0.25) is 0 Å². The Hall–Kier alpha value is -2.51. The molecule has 0 bridgehead atoms. The number of benzene rings is 1. The molecule has 0 spiro atoms. The first kappa shape index (κ1) is 23.2. The van der Waals surface area contributed by atoms with Crippen molar-refractivity contribution in [1.82, 2.24) is 5.32 Å². The minimum atomic E-state index is -0.741. The molecule has 2 aliphatic carbocycles.